The molecule has 0 aliphatic carbocycles. The van der Waals surface area contributed by atoms with E-state index in [-0.39, 0.29) is 0 Å². The summed E-state index contributed by atoms with van der Waals surface area (Å²) in [5.74, 6) is 3.34. The van der Waals surface area contributed by atoms with Crippen LogP contribution in [0.25, 0.3) is 22.3 Å². The average Bonchev–Trinajstić information content (AvgIpc) is 3.19. The standard InChI is InChI=1S/C44H42Br2N2O4/c45-41-30-44(52-28-8-4-2-6-26-50-40-23-19-38(20-24-40)36-15-11-34(32-48)12-16-36)42(46)29-43(41)51-27-7-3-1-5-25-49-39-21-17-37(18-22-39)35-13-9-33(31-47)10-14-35/h9-24,29-30H,1-8,25-28H2. The molecule has 6 nitrogen and oxygen atoms in total. The molecule has 0 unspecified atom stereocenters. The van der Waals surface area contributed by atoms with Gasteiger partial charge in [0.15, 0.2) is 0 Å². The van der Waals surface area contributed by atoms with Crippen molar-refractivity contribution >= 4 is 31.9 Å². The van der Waals surface area contributed by atoms with Gasteiger partial charge < -0.3 is 18.9 Å². The molecule has 0 amide bonds. The van der Waals surface area contributed by atoms with Crippen LogP contribution in [-0.2, 0) is 0 Å². The molecule has 8 heteroatoms. The van der Waals surface area contributed by atoms with Gasteiger partial charge in [-0.25, -0.2) is 0 Å². The van der Waals surface area contributed by atoms with Crippen LogP contribution in [0.3, 0.4) is 0 Å². The van der Waals surface area contributed by atoms with Crippen molar-refractivity contribution in [2.45, 2.75) is 51.4 Å². The lowest BCUT2D eigenvalue weighted by molar-refractivity contribution is 0.282. The summed E-state index contributed by atoms with van der Waals surface area (Å²) in [5.41, 5.74) is 5.69. The van der Waals surface area contributed by atoms with Crippen LogP contribution in [0, 0.1) is 22.7 Å². The Morgan fingerprint density at radius 3 is 0.981 bits per heavy atom. The van der Waals surface area contributed by atoms with Gasteiger partial charge in [0.05, 0.1) is 58.6 Å². The second-order valence-corrected chi connectivity index (χ2v) is 14.1. The summed E-state index contributed by atoms with van der Waals surface area (Å²) in [6.07, 6.45) is 8.22. The Morgan fingerprint density at radius 1 is 0.385 bits per heavy atom. The lowest BCUT2D eigenvalue weighted by Gasteiger charge is -2.13. The first kappa shape index (κ1) is 38.5. The largest absolute Gasteiger partial charge is 0.494 e. The van der Waals surface area contributed by atoms with Gasteiger partial charge in [0, 0.05) is 0 Å². The summed E-state index contributed by atoms with van der Waals surface area (Å²) >= 11 is 7.29. The molecule has 5 aromatic carbocycles. The Labute approximate surface area is 324 Å². The van der Waals surface area contributed by atoms with E-state index in [4.69, 9.17) is 29.5 Å². The average molecular weight is 823 g/mol. The third-order valence-corrected chi connectivity index (χ3v) is 9.76. The first-order valence-electron chi connectivity index (χ1n) is 17.7. The van der Waals surface area contributed by atoms with E-state index < -0.39 is 0 Å². The second kappa shape index (κ2) is 20.9. The number of benzene rings is 5. The van der Waals surface area contributed by atoms with Gasteiger partial charge in [0.2, 0.25) is 0 Å². The Hall–Kier alpha value is -4.76. The molecule has 0 spiro atoms. The quantitative estimate of drug-likeness (QED) is 0.0727. The smallest absolute Gasteiger partial charge is 0.134 e. The van der Waals surface area contributed by atoms with E-state index in [9.17, 15) is 0 Å². The van der Waals surface area contributed by atoms with Crippen molar-refractivity contribution in [3.05, 3.63) is 129 Å². The highest BCUT2D eigenvalue weighted by Gasteiger charge is 2.10. The van der Waals surface area contributed by atoms with E-state index >= 15 is 0 Å². The van der Waals surface area contributed by atoms with Gasteiger partial charge in [0.25, 0.3) is 0 Å². The molecule has 0 aromatic heterocycles. The van der Waals surface area contributed by atoms with Crippen LogP contribution in [0.5, 0.6) is 23.0 Å². The summed E-state index contributed by atoms with van der Waals surface area (Å²) in [4.78, 5) is 0. The molecule has 0 aliphatic rings. The van der Waals surface area contributed by atoms with Crippen molar-refractivity contribution in [3.8, 4) is 57.4 Å². The number of ether oxygens (including phenoxy) is 4. The van der Waals surface area contributed by atoms with Gasteiger partial charge in [-0.2, -0.15) is 10.5 Å². The molecule has 5 aromatic rings. The number of hydrogen-bond donors (Lipinski definition) is 0. The molecule has 266 valence electrons. The van der Waals surface area contributed by atoms with E-state index in [1.54, 1.807) is 0 Å². The van der Waals surface area contributed by atoms with Crippen LogP contribution < -0.4 is 18.9 Å². The van der Waals surface area contributed by atoms with Crippen LogP contribution in [0.4, 0.5) is 0 Å². The molecule has 0 fully saturated rings. The first-order chi connectivity index (χ1) is 25.5. The van der Waals surface area contributed by atoms with Crippen molar-refractivity contribution in [2.75, 3.05) is 26.4 Å². The predicted molar refractivity (Wildman–Crippen MR) is 214 cm³/mol. The Balaban J connectivity index is 0.883. The molecule has 5 rings (SSSR count). The zero-order valence-corrected chi connectivity index (χ0v) is 32.3. The fourth-order valence-electron chi connectivity index (χ4n) is 5.55. The van der Waals surface area contributed by atoms with Crippen molar-refractivity contribution in [1.82, 2.24) is 0 Å². The van der Waals surface area contributed by atoms with Gasteiger partial charge in [-0.05, 0) is 166 Å². The molecular weight excluding hydrogens is 780 g/mol. The van der Waals surface area contributed by atoms with Gasteiger partial charge in [-0.15, -0.1) is 0 Å². The zero-order chi connectivity index (χ0) is 36.4. The maximum atomic E-state index is 8.98. The summed E-state index contributed by atoms with van der Waals surface area (Å²) in [5, 5.41) is 18.0. The van der Waals surface area contributed by atoms with Gasteiger partial charge in [-0.3, -0.25) is 0 Å². The highest BCUT2D eigenvalue weighted by Crippen LogP contribution is 2.36. The van der Waals surface area contributed by atoms with Crippen molar-refractivity contribution < 1.29 is 18.9 Å². The van der Waals surface area contributed by atoms with Crippen LogP contribution in [-0.4, -0.2) is 26.4 Å². The molecule has 0 N–H and O–H groups in total. The maximum Gasteiger partial charge on any atom is 0.134 e. The molecule has 0 radical (unpaired) electrons. The summed E-state index contributed by atoms with van der Waals surface area (Å²) in [6.45, 7) is 2.67. The summed E-state index contributed by atoms with van der Waals surface area (Å²) in [7, 11) is 0. The van der Waals surface area contributed by atoms with Crippen molar-refractivity contribution in [3.63, 3.8) is 0 Å². The Bertz CT molecular complexity index is 1770. The van der Waals surface area contributed by atoms with Crippen molar-refractivity contribution in [2.24, 2.45) is 0 Å². The molecule has 52 heavy (non-hydrogen) atoms. The minimum atomic E-state index is 0.649. The maximum absolute atomic E-state index is 8.98. The third-order valence-electron chi connectivity index (χ3n) is 8.52. The molecule has 0 atom stereocenters. The molecule has 0 bridgehead atoms. The van der Waals surface area contributed by atoms with Crippen LogP contribution in [0.2, 0.25) is 0 Å². The topological polar surface area (TPSA) is 84.5 Å². The third kappa shape index (κ3) is 12.2. The number of unbranched alkanes of at least 4 members (excludes halogenated alkanes) is 6. The fraction of sp³-hybridized carbons (Fsp3) is 0.273. The number of nitriles is 2. The highest BCUT2D eigenvalue weighted by atomic mass is 79.9. The second-order valence-electron chi connectivity index (χ2n) is 12.4. The van der Waals surface area contributed by atoms with E-state index in [0.717, 1.165) is 106 Å². The number of rotatable bonds is 20. The lowest BCUT2D eigenvalue weighted by atomic mass is 10.0. The number of halogens is 2. The molecular formula is C44H42Br2N2O4. The van der Waals surface area contributed by atoms with E-state index in [0.29, 0.717) is 37.6 Å². The summed E-state index contributed by atoms with van der Waals surface area (Å²) in [6, 6.07) is 39.6. The highest BCUT2D eigenvalue weighted by molar-refractivity contribution is 9.11. The summed E-state index contributed by atoms with van der Waals surface area (Å²) < 4.78 is 25.7. The SMILES string of the molecule is N#Cc1ccc(-c2ccc(OCCCCCCOc3cc(Br)c(OCCCCCCOc4ccc(-c5ccc(C#N)cc5)cc4)cc3Br)cc2)cc1. The minimum absolute atomic E-state index is 0.649. The Morgan fingerprint density at radius 2 is 0.673 bits per heavy atom. The number of nitrogens with zero attached hydrogens (tertiary/aromatic N) is 2. The van der Waals surface area contributed by atoms with Gasteiger partial charge >= 0.3 is 0 Å². The van der Waals surface area contributed by atoms with Gasteiger partial charge in [0.1, 0.15) is 23.0 Å². The fourth-order valence-corrected chi connectivity index (χ4v) is 6.43. The van der Waals surface area contributed by atoms with Crippen molar-refractivity contribution in [1.29, 1.82) is 10.5 Å². The molecule has 0 saturated heterocycles. The molecule has 0 saturated carbocycles. The van der Waals surface area contributed by atoms with Crippen LogP contribution in [0.15, 0.2) is 118 Å². The first-order valence-corrected chi connectivity index (χ1v) is 19.3. The van der Waals surface area contributed by atoms with Gasteiger partial charge in [-0.1, -0.05) is 48.5 Å². The zero-order valence-electron chi connectivity index (χ0n) is 29.2. The van der Waals surface area contributed by atoms with E-state index in [1.165, 1.54) is 0 Å². The van der Waals surface area contributed by atoms with E-state index in [1.807, 2.05) is 109 Å². The normalized spacial score (nSPS) is 10.6. The van der Waals surface area contributed by atoms with Crippen LogP contribution in [0.1, 0.15) is 62.5 Å². The minimum Gasteiger partial charge on any atom is -0.494 e. The Kier molecular flexibility index (Phi) is 15.5. The predicted octanol–water partition coefficient (Wildman–Crippen LogP) is 12.3. The van der Waals surface area contributed by atoms with Crippen LogP contribution >= 0.6 is 31.9 Å². The monoisotopic (exact) mass is 820 g/mol. The lowest BCUT2D eigenvalue weighted by Crippen LogP contribution is -2.02. The molecule has 0 heterocycles. The number of hydrogen-bond acceptors (Lipinski definition) is 6. The van der Waals surface area contributed by atoms with E-state index in [2.05, 4.69) is 44.0 Å². The molecule has 0 aliphatic heterocycles.